The Morgan fingerprint density at radius 1 is 1.08 bits per heavy atom. The smallest absolute Gasteiger partial charge is 0.111 e. The van der Waals surface area contributed by atoms with Crippen LogP contribution >= 0.6 is 0 Å². The minimum absolute atomic E-state index is 0.212. The summed E-state index contributed by atoms with van der Waals surface area (Å²) in [5.74, 6) is 3.22. The molecule has 3 N–H and O–H groups in total. The van der Waals surface area contributed by atoms with E-state index in [4.69, 9.17) is 0 Å². The minimum atomic E-state index is 0.212. The van der Waals surface area contributed by atoms with Gasteiger partial charge in [0.25, 0.3) is 0 Å². The lowest BCUT2D eigenvalue weighted by molar-refractivity contribution is -0.0774. The Morgan fingerprint density at radius 2 is 1.88 bits per heavy atom. The zero-order valence-electron chi connectivity index (χ0n) is 15.7. The van der Waals surface area contributed by atoms with Crippen molar-refractivity contribution >= 4 is 0 Å². The van der Waals surface area contributed by atoms with E-state index in [-0.39, 0.29) is 5.41 Å². The largest absolute Gasteiger partial charge is 0.508 e. The highest BCUT2D eigenvalue weighted by atomic mass is 16.3. The molecule has 0 amide bonds. The monoisotopic (exact) mass is 330 g/mol. The van der Waals surface area contributed by atoms with Crippen LogP contribution in [0.3, 0.4) is 0 Å². The van der Waals surface area contributed by atoms with Crippen molar-refractivity contribution in [3.8, 4) is 0 Å². The average molecular weight is 331 g/mol. The van der Waals surface area contributed by atoms with E-state index in [1.165, 1.54) is 25.7 Å². The molecule has 3 fully saturated rings. The maximum Gasteiger partial charge on any atom is 0.111 e. The molecule has 0 aromatic rings. The summed E-state index contributed by atoms with van der Waals surface area (Å²) in [6.07, 6.45) is 12.9. The maximum atomic E-state index is 10.0. The number of aliphatic hydroxyl groups excluding tert-OH is 1. The molecular formula is C21H34N2O. The number of hydrogen-bond acceptors (Lipinski definition) is 3. The lowest BCUT2D eigenvalue weighted by Crippen LogP contribution is -2.60. The van der Waals surface area contributed by atoms with Gasteiger partial charge in [-0.3, -0.25) is 0 Å². The van der Waals surface area contributed by atoms with Gasteiger partial charge < -0.3 is 15.7 Å². The van der Waals surface area contributed by atoms with Crippen molar-refractivity contribution in [2.75, 3.05) is 14.1 Å². The molecule has 0 aliphatic heterocycles. The highest BCUT2D eigenvalue weighted by molar-refractivity contribution is 5.28. The highest BCUT2D eigenvalue weighted by Gasteiger charge is 2.61. The molecule has 0 radical (unpaired) electrons. The molecule has 0 aromatic carbocycles. The van der Waals surface area contributed by atoms with Crippen molar-refractivity contribution in [1.82, 2.24) is 10.6 Å². The summed E-state index contributed by atoms with van der Waals surface area (Å²) in [6.45, 7) is 5.00. The van der Waals surface area contributed by atoms with E-state index in [9.17, 15) is 5.11 Å². The molecule has 8 atom stereocenters. The standard InChI is InChI=1S/C21H34N2O/c1-20-9-7-14(24)11-13(20)12-17(22-3)19-15-5-6-18(23-4)21(15,2)10-8-16(19)20/h7,9,11,13,15-19,22-24H,5-6,8,10,12H2,1-4H3/t13?,15-,16-,17?,18-,19-,20-,21-/m0/s1. The predicted octanol–water partition coefficient (Wildman–Crippen LogP) is 3.64. The van der Waals surface area contributed by atoms with E-state index >= 15 is 0 Å². The quantitative estimate of drug-likeness (QED) is 0.724. The molecule has 3 saturated carbocycles. The molecule has 0 saturated heterocycles. The van der Waals surface area contributed by atoms with E-state index in [1.54, 1.807) is 0 Å². The first kappa shape index (κ1) is 16.7. The fraction of sp³-hybridized carbons (Fsp3) is 0.810. The molecule has 24 heavy (non-hydrogen) atoms. The van der Waals surface area contributed by atoms with E-state index in [1.807, 2.05) is 6.08 Å². The van der Waals surface area contributed by atoms with Gasteiger partial charge in [0.2, 0.25) is 0 Å². The van der Waals surface area contributed by atoms with E-state index in [0.29, 0.717) is 29.2 Å². The topological polar surface area (TPSA) is 44.3 Å². The Bertz CT molecular complexity index is 570. The van der Waals surface area contributed by atoms with Crippen LogP contribution < -0.4 is 10.6 Å². The third-order valence-corrected chi connectivity index (χ3v) is 8.61. The van der Waals surface area contributed by atoms with Gasteiger partial charge in [-0.05, 0) is 92.9 Å². The van der Waals surface area contributed by atoms with Crippen molar-refractivity contribution in [1.29, 1.82) is 0 Å². The molecule has 0 bridgehead atoms. The van der Waals surface area contributed by atoms with Gasteiger partial charge in [0.1, 0.15) is 5.76 Å². The maximum absolute atomic E-state index is 10.0. The molecule has 0 spiro atoms. The highest BCUT2D eigenvalue weighted by Crippen LogP contribution is 2.64. The molecule has 134 valence electrons. The molecule has 4 aliphatic carbocycles. The zero-order valence-corrected chi connectivity index (χ0v) is 15.7. The van der Waals surface area contributed by atoms with Crippen molar-refractivity contribution < 1.29 is 5.11 Å². The summed E-state index contributed by atoms with van der Waals surface area (Å²) >= 11 is 0. The number of allylic oxidation sites excluding steroid dienone is 3. The Morgan fingerprint density at radius 3 is 2.58 bits per heavy atom. The van der Waals surface area contributed by atoms with Crippen molar-refractivity contribution in [3.63, 3.8) is 0 Å². The predicted molar refractivity (Wildman–Crippen MR) is 98.8 cm³/mol. The number of hydrogen-bond donors (Lipinski definition) is 3. The number of rotatable bonds is 2. The molecule has 3 heteroatoms. The third-order valence-electron chi connectivity index (χ3n) is 8.61. The minimum Gasteiger partial charge on any atom is -0.508 e. The summed E-state index contributed by atoms with van der Waals surface area (Å²) in [4.78, 5) is 0. The third kappa shape index (κ3) is 2.10. The fourth-order valence-corrected chi connectivity index (χ4v) is 7.25. The lowest BCUT2D eigenvalue weighted by atomic mass is 9.45. The van der Waals surface area contributed by atoms with Crippen molar-refractivity contribution in [2.45, 2.75) is 58.0 Å². The van der Waals surface area contributed by atoms with E-state index < -0.39 is 0 Å². The Kier molecular flexibility index (Phi) is 3.89. The average Bonchev–Trinajstić information content (AvgIpc) is 2.91. The molecular weight excluding hydrogens is 296 g/mol. The van der Waals surface area contributed by atoms with Gasteiger partial charge >= 0.3 is 0 Å². The lowest BCUT2D eigenvalue weighted by Gasteiger charge is -2.60. The van der Waals surface area contributed by atoms with Gasteiger partial charge in [-0.2, -0.15) is 0 Å². The SMILES string of the molecule is CNC1CC2C=C(O)C=C[C@]2(C)[C@H]2CC[C@]3(C)[C@@H](NC)CC[C@H]3[C@H]12. The van der Waals surface area contributed by atoms with Crippen LogP contribution in [0.2, 0.25) is 0 Å². The first-order valence-electron chi connectivity index (χ1n) is 9.88. The Labute approximate surface area is 147 Å². The van der Waals surface area contributed by atoms with Gasteiger partial charge in [0.05, 0.1) is 0 Å². The first-order chi connectivity index (χ1) is 11.4. The van der Waals surface area contributed by atoms with Crippen LogP contribution in [0.1, 0.15) is 46.0 Å². The van der Waals surface area contributed by atoms with Gasteiger partial charge in [-0.15, -0.1) is 0 Å². The summed E-state index contributed by atoms with van der Waals surface area (Å²) < 4.78 is 0. The second-order valence-electron chi connectivity index (χ2n) is 9.28. The zero-order chi connectivity index (χ0) is 17.1. The number of nitrogens with one attached hydrogen (secondary N) is 2. The second kappa shape index (κ2) is 5.60. The van der Waals surface area contributed by atoms with Gasteiger partial charge in [-0.1, -0.05) is 19.9 Å². The van der Waals surface area contributed by atoms with E-state index in [0.717, 1.165) is 24.2 Å². The number of aliphatic hydroxyl groups is 1. The van der Waals surface area contributed by atoms with Crippen LogP contribution in [-0.4, -0.2) is 31.3 Å². The Balaban J connectivity index is 1.72. The normalized spacial score (nSPS) is 53.1. The van der Waals surface area contributed by atoms with Crippen LogP contribution in [0.4, 0.5) is 0 Å². The van der Waals surface area contributed by atoms with Crippen LogP contribution in [0.25, 0.3) is 0 Å². The van der Waals surface area contributed by atoms with Crippen LogP contribution in [0.15, 0.2) is 24.0 Å². The van der Waals surface area contributed by atoms with Crippen LogP contribution in [0, 0.1) is 34.5 Å². The fourth-order valence-electron chi connectivity index (χ4n) is 7.25. The van der Waals surface area contributed by atoms with Crippen LogP contribution in [0.5, 0.6) is 0 Å². The molecule has 4 aliphatic rings. The number of fused-ring (bicyclic) bond motifs is 5. The summed E-state index contributed by atoms with van der Waals surface area (Å²) in [7, 11) is 4.29. The first-order valence-corrected chi connectivity index (χ1v) is 9.88. The summed E-state index contributed by atoms with van der Waals surface area (Å²) in [5.41, 5.74) is 0.661. The summed E-state index contributed by atoms with van der Waals surface area (Å²) in [5, 5.41) is 17.3. The molecule has 0 heterocycles. The van der Waals surface area contributed by atoms with Gasteiger partial charge in [0.15, 0.2) is 0 Å². The molecule has 0 aromatic heterocycles. The Hall–Kier alpha value is -0.800. The van der Waals surface area contributed by atoms with E-state index in [2.05, 4.69) is 50.7 Å². The van der Waals surface area contributed by atoms with Crippen LogP contribution in [-0.2, 0) is 0 Å². The summed E-state index contributed by atoms with van der Waals surface area (Å²) in [6, 6.07) is 1.25. The molecule has 2 unspecified atom stereocenters. The molecule has 3 nitrogen and oxygen atoms in total. The van der Waals surface area contributed by atoms with Crippen molar-refractivity contribution in [2.24, 2.45) is 34.5 Å². The van der Waals surface area contributed by atoms with Gasteiger partial charge in [0, 0.05) is 12.1 Å². The van der Waals surface area contributed by atoms with Gasteiger partial charge in [-0.25, -0.2) is 0 Å². The van der Waals surface area contributed by atoms with Crippen molar-refractivity contribution in [3.05, 3.63) is 24.0 Å². The second-order valence-corrected chi connectivity index (χ2v) is 9.28. The molecule has 4 rings (SSSR count).